The smallest absolute Gasteiger partial charge is 0.237 e. The van der Waals surface area contributed by atoms with Gasteiger partial charge < -0.3 is 5.21 Å². The van der Waals surface area contributed by atoms with Crippen molar-refractivity contribution in [3.8, 4) is 0 Å². The van der Waals surface area contributed by atoms with Crippen LogP contribution in [0.2, 0.25) is 5.02 Å². The minimum Gasteiger partial charge on any atom is -0.618 e. The molecule has 0 aliphatic carbocycles. The molecule has 0 amide bonds. The molecule has 12 heavy (non-hydrogen) atoms. The van der Waals surface area contributed by atoms with E-state index in [0.717, 1.165) is 12.3 Å². The van der Waals surface area contributed by atoms with Crippen LogP contribution in [-0.2, 0) is 0 Å². The van der Waals surface area contributed by atoms with Gasteiger partial charge in [0.15, 0.2) is 6.20 Å². The molecule has 0 saturated heterocycles. The summed E-state index contributed by atoms with van der Waals surface area (Å²) in [5, 5.41) is 11.8. The second kappa shape index (κ2) is 3.01. The fraction of sp³-hybridized carbons (Fsp3) is 0. The number of hydrogen-bond donors (Lipinski definition) is 0. The Morgan fingerprint density at radius 1 is 1.58 bits per heavy atom. The fourth-order valence-electron chi connectivity index (χ4n) is 0.976. The first-order chi connectivity index (χ1) is 5.68. The summed E-state index contributed by atoms with van der Waals surface area (Å²) in [6.45, 7) is 0. The molecule has 2 heterocycles. The molecule has 0 N–H and O–H groups in total. The molecule has 0 bridgehead atoms. The van der Waals surface area contributed by atoms with Crippen molar-refractivity contribution in [1.29, 1.82) is 0 Å². The third kappa shape index (κ3) is 1.27. The van der Waals surface area contributed by atoms with E-state index in [0.29, 0.717) is 10.5 Å². The highest BCUT2D eigenvalue weighted by Gasteiger charge is 2.10. The van der Waals surface area contributed by atoms with Gasteiger partial charge in [0.2, 0.25) is 5.52 Å². The summed E-state index contributed by atoms with van der Waals surface area (Å²) in [5.41, 5.74) is 0.650. The van der Waals surface area contributed by atoms with Gasteiger partial charge >= 0.3 is 0 Å². The molecule has 0 aliphatic rings. The number of aromatic nitrogens is 1. The molecule has 0 fully saturated rings. The van der Waals surface area contributed by atoms with Crippen molar-refractivity contribution in [2.45, 2.75) is 0 Å². The first kappa shape index (κ1) is 8.52. The fourth-order valence-corrected chi connectivity index (χ4v) is 2.99. The Bertz CT molecular complexity index is 403. The molecule has 0 aliphatic heterocycles. The predicted molar refractivity (Wildman–Crippen MR) is 58.5 cm³/mol. The van der Waals surface area contributed by atoms with Crippen molar-refractivity contribution >= 4 is 55.7 Å². The number of fused-ring (bicyclic) bond motifs is 1. The molecule has 0 aromatic carbocycles. The second-order valence-corrected chi connectivity index (χ2v) is 5.61. The molecule has 2 nitrogen and oxygen atoms in total. The number of nitrogens with zero attached hydrogens (tertiary/aromatic N) is 1. The molecule has 0 atom stereocenters. The van der Waals surface area contributed by atoms with Crippen molar-refractivity contribution in [2.24, 2.45) is 0 Å². The van der Waals surface area contributed by atoms with E-state index in [-0.39, 0.29) is 0 Å². The maximum Gasteiger partial charge on any atom is 0.237 e. The van der Waals surface area contributed by atoms with Crippen LogP contribution in [0.1, 0.15) is 0 Å². The maximum atomic E-state index is 11.2. The molecule has 0 spiro atoms. The average molecular weight is 312 g/mol. The first-order valence-corrected chi connectivity index (χ1v) is 5.42. The zero-order valence-corrected chi connectivity index (χ0v) is 9.48. The number of hydrogen-bond acceptors (Lipinski definition) is 2. The lowest BCUT2D eigenvalue weighted by Crippen LogP contribution is -2.25. The minimum atomic E-state index is 0.644. The Hall–Kier alpha value is -0.0700. The molecule has 62 valence electrons. The van der Waals surface area contributed by atoms with Gasteiger partial charge in [0.1, 0.15) is 4.70 Å². The lowest BCUT2D eigenvalue weighted by molar-refractivity contribution is -0.576. The standard InChI is InChI=1S/C7H3ClINOS/c8-4-1-2-10(11)5-3-6(9)12-7(4)5/h1-3H. The number of rotatable bonds is 0. The van der Waals surface area contributed by atoms with Gasteiger partial charge in [-0.1, -0.05) is 11.6 Å². The van der Waals surface area contributed by atoms with Crippen molar-refractivity contribution in [1.82, 2.24) is 0 Å². The van der Waals surface area contributed by atoms with Gasteiger partial charge in [-0.2, -0.15) is 4.73 Å². The van der Waals surface area contributed by atoms with Crippen LogP contribution in [0.5, 0.6) is 0 Å². The lowest BCUT2D eigenvalue weighted by Gasteiger charge is -1.96. The summed E-state index contributed by atoms with van der Waals surface area (Å²) < 4.78 is 2.76. The zero-order chi connectivity index (χ0) is 8.72. The normalized spacial score (nSPS) is 10.8. The quantitative estimate of drug-likeness (QED) is 0.417. The van der Waals surface area contributed by atoms with Crippen LogP contribution in [0.3, 0.4) is 0 Å². The summed E-state index contributed by atoms with van der Waals surface area (Å²) >= 11 is 9.60. The summed E-state index contributed by atoms with van der Waals surface area (Å²) in [6.07, 6.45) is 1.42. The SMILES string of the molecule is [O-][n+]1ccc(Cl)c2sc(I)cc21. The number of pyridine rings is 1. The summed E-state index contributed by atoms with van der Waals surface area (Å²) in [6, 6.07) is 3.45. The maximum absolute atomic E-state index is 11.2. The monoisotopic (exact) mass is 311 g/mol. The highest BCUT2D eigenvalue weighted by molar-refractivity contribution is 14.1. The van der Waals surface area contributed by atoms with Crippen LogP contribution >= 0.6 is 45.5 Å². The number of halogens is 2. The molecule has 0 radical (unpaired) electrons. The third-order valence-electron chi connectivity index (χ3n) is 1.49. The molecular weight excluding hydrogens is 309 g/mol. The Labute approximate surface area is 91.5 Å². The Kier molecular flexibility index (Phi) is 2.14. The average Bonchev–Trinajstić information content (AvgIpc) is 2.41. The largest absolute Gasteiger partial charge is 0.618 e. The van der Waals surface area contributed by atoms with E-state index < -0.39 is 0 Å². The number of thiophene rings is 1. The van der Waals surface area contributed by atoms with E-state index in [1.54, 1.807) is 6.07 Å². The van der Waals surface area contributed by atoms with Crippen molar-refractivity contribution < 1.29 is 4.73 Å². The highest BCUT2D eigenvalue weighted by Crippen LogP contribution is 2.29. The highest BCUT2D eigenvalue weighted by atomic mass is 127. The van der Waals surface area contributed by atoms with E-state index in [4.69, 9.17) is 11.6 Å². The van der Waals surface area contributed by atoms with Crippen molar-refractivity contribution in [3.05, 3.63) is 31.4 Å². The first-order valence-electron chi connectivity index (χ1n) is 3.15. The molecular formula is C7H3ClINOS. The third-order valence-corrected chi connectivity index (χ3v) is 3.84. The molecule has 2 aromatic rings. The van der Waals surface area contributed by atoms with Crippen LogP contribution in [0.4, 0.5) is 0 Å². The summed E-state index contributed by atoms with van der Waals surface area (Å²) in [5.74, 6) is 0. The zero-order valence-electron chi connectivity index (χ0n) is 5.75. The lowest BCUT2D eigenvalue weighted by atomic mass is 10.4. The summed E-state index contributed by atoms with van der Waals surface area (Å²) in [7, 11) is 0. The second-order valence-electron chi connectivity index (χ2n) is 2.25. The Morgan fingerprint density at radius 2 is 2.33 bits per heavy atom. The molecule has 5 heteroatoms. The van der Waals surface area contributed by atoms with Crippen molar-refractivity contribution in [3.63, 3.8) is 0 Å². The minimum absolute atomic E-state index is 0.644. The van der Waals surface area contributed by atoms with Crippen molar-refractivity contribution in [2.75, 3.05) is 0 Å². The van der Waals surface area contributed by atoms with Gasteiger partial charge in [-0.05, 0) is 22.6 Å². The van der Waals surface area contributed by atoms with E-state index in [9.17, 15) is 5.21 Å². The van der Waals surface area contributed by atoms with E-state index in [1.807, 2.05) is 6.07 Å². The van der Waals surface area contributed by atoms with Gasteiger partial charge in [-0.25, -0.2) is 0 Å². The summed E-state index contributed by atoms with van der Waals surface area (Å²) in [4.78, 5) is 0. The van der Waals surface area contributed by atoms with Gasteiger partial charge in [0, 0.05) is 12.1 Å². The van der Waals surface area contributed by atoms with Crippen LogP contribution in [0.25, 0.3) is 10.2 Å². The Morgan fingerprint density at radius 3 is 3.00 bits per heavy atom. The van der Waals surface area contributed by atoms with Crippen LogP contribution in [0, 0.1) is 8.09 Å². The van der Waals surface area contributed by atoms with E-state index >= 15 is 0 Å². The van der Waals surface area contributed by atoms with Gasteiger partial charge in [-0.15, -0.1) is 11.3 Å². The topological polar surface area (TPSA) is 26.9 Å². The molecule has 0 unspecified atom stereocenters. The molecule has 2 rings (SSSR count). The van der Waals surface area contributed by atoms with Gasteiger partial charge in [-0.3, -0.25) is 0 Å². The van der Waals surface area contributed by atoms with Gasteiger partial charge in [0.05, 0.1) is 7.91 Å². The van der Waals surface area contributed by atoms with E-state index in [1.165, 1.54) is 17.5 Å². The molecule has 0 saturated carbocycles. The van der Waals surface area contributed by atoms with Gasteiger partial charge in [0.25, 0.3) is 0 Å². The Balaban J connectivity index is 2.93. The van der Waals surface area contributed by atoms with Crippen LogP contribution in [0.15, 0.2) is 18.3 Å². The van der Waals surface area contributed by atoms with Crippen LogP contribution in [-0.4, -0.2) is 0 Å². The van der Waals surface area contributed by atoms with Crippen LogP contribution < -0.4 is 4.73 Å². The predicted octanol–water partition coefficient (Wildman–Crippen LogP) is 2.79. The van der Waals surface area contributed by atoms with E-state index in [2.05, 4.69) is 22.6 Å². The molecule has 2 aromatic heterocycles.